The number of nitrogens with zero attached hydrogens (tertiary/aromatic N) is 2. The number of aromatic nitrogens is 2. The van der Waals surface area contributed by atoms with Gasteiger partial charge in [0, 0.05) is 5.56 Å². The van der Waals surface area contributed by atoms with Crippen molar-refractivity contribution in [1.29, 1.82) is 0 Å². The highest BCUT2D eigenvalue weighted by Gasteiger charge is 2.16. The largest absolute Gasteiger partial charge is 0.476 e. The van der Waals surface area contributed by atoms with E-state index in [0.29, 0.717) is 0 Å². The first kappa shape index (κ1) is 16.8. The van der Waals surface area contributed by atoms with Gasteiger partial charge in [0.15, 0.2) is 5.69 Å². The first-order chi connectivity index (χ1) is 13.1. The van der Waals surface area contributed by atoms with Crippen LogP contribution in [0.25, 0.3) is 28.1 Å². The molecule has 0 saturated heterocycles. The average molecular weight is 354 g/mol. The minimum absolute atomic E-state index is 0.0257. The highest BCUT2D eigenvalue weighted by Crippen LogP contribution is 2.27. The third-order valence-corrected chi connectivity index (χ3v) is 4.49. The van der Waals surface area contributed by atoms with Crippen LogP contribution in [0.4, 0.5) is 0 Å². The van der Waals surface area contributed by atoms with Gasteiger partial charge in [-0.05, 0) is 36.2 Å². The molecule has 0 saturated carbocycles. The third-order valence-electron chi connectivity index (χ3n) is 4.49. The lowest BCUT2D eigenvalue weighted by atomic mass is 10.0. The van der Waals surface area contributed by atoms with Crippen LogP contribution in [0.1, 0.15) is 16.1 Å². The summed E-state index contributed by atoms with van der Waals surface area (Å²) in [4.78, 5) is 11.4. The molecule has 132 valence electrons. The van der Waals surface area contributed by atoms with Crippen LogP contribution in [0.5, 0.6) is 0 Å². The van der Waals surface area contributed by atoms with Crippen molar-refractivity contribution in [3.8, 4) is 28.1 Å². The Morgan fingerprint density at radius 2 is 1.41 bits per heavy atom. The summed E-state index contributed by atoms with van der Waals surface area (Å²) in [6, 6.07) is 27.7. The Hall–Kier alpha value is -3.66. The van der Waals surface area contributed by atoms with Crippen LogP contribution in [-0.4, -0.2) is 20.9 Å². The van der Waals surface area contributed by atoms with Gasteiger partial charge in [0.25, 0.3) is 0 Å². The summed E-state index contributed by atoms with van der Waals surface area (Å²) in [5.74, 6) is -1.04. The summed E-state index contributed by atoms with van der Waals surface area (Å²) in [5, 5.41) is 13.7. The van der Waals surface area contributed by atoms with Gasteiger partial charge in [-0.1, -0.05) is 72.3 Å². The number of benzene rings is 3. The average Bonchev–Trinajstić information content (AvgIpc) is 3.15. The fourth-order valence-electron chi connectivity index (χ4n) is 3.04. The number of hydrogen-bond donors (Lipinski definition) is 1. The lowest BCUT2D eigenvalue weighted by Crippen LogP contribution is -2.02. The van der Waals surface area contributed by atoms with Crippen LogP contribution >= 0.6 is 0 Å². The van der Waals surface area contributed by atoms with E-state index in [1.54, 1.807) is 10.7 Å². The fourth-order valence-corrected chi connectivity index (χ4v) is 3.04. The summed E-state index contributed by atoms with van der Waals surface area (Å²) in [6.45, 7) is 2.01. The van der Waals surface area contributed by atoms with Crippen molar-refractivity contribution in [3.05, 3.63) is 96.2 Å². The minimum atomic E-state index is -1.04. The maximum absolute atomic E-state index is 11.4. The Morgan fingerprint density at radius 1 is 0.815 bits per heavy atom. The molecular formula is C23H18N2O2. The van der Waals surface area contributed by atoms with Gasteiger partial charge in [-0.3, -0.25) is 0 Å². The highest BCUT2D eigenvalue weighted by atomic mass is 16.4. The highest BCUT2D eigenvalue weighted by molar-refractivity contribution is 5.87. The zero-order chi connectivity index (χ0) is 18.8. The van der Waals surface area contributed by atoms with E-state index in [9.17, 15) is 9.90 Å². The van der Waals surface area contributed by atoms with Gasteiger partial charge < -0.3 is 5.11 Å². The van der Waals surface area contributed by atoms with E-state index in [-0.39, 0.29) is 5.69 Å². The summed E-state index contributed by atoms with van der Waals surface area (Å²) in [7, 11) is 0. The van der Waals surface area contributed by atoms with Crippen molar-refractivity contribution in [2.45, 2.75) is 6.92 Å². The molecule has 4 rings (SSSR count). The maximum atomic E-state index is 11.4. The smallest absolute Gasteiger partial charge is 0.356 e. The van der Waals surface area contributed by atoms with Crippen molar-refractivity contribution in [1.82, 2.24) is 9.78 Å². The molecule has 0 aliphatic heterocycles. The molecule has 1 aromatic heterocycles. The lowest BCUT2D eigenvalue weighted by Gasteiger charge is -2.09. The SMILES string of the molecule is Cc1ccc(-n2nc(C(=O)O)cc2-c2ccc(-c3ccccc3)cc2)cc1. The molecule has 1 N–H and O–H groups in total. The van der Waals surface area contributed by atoms with Gasteiger partial charge in [-0.25, -0.2) is 9.48 Å². The van der Waals surface area contributed by atoms with Gasteiger partial charge in [0.1, 0.15) is 0 Å². The van der Waals surface area contributed by atoms with Crippen molar-refractivity contribution in [2.75, 3.05) is 0 Å². The van der Waals surface area contributed by atoms with Crippen LogP contribution in [0, 0.1) is 6.92 Å². The first-order valence-corrected chi connectivity index (χ1v) is 8.68. The van der Waals surface area contributed by atoms with Crippen molar-refractivity contribution in [3.63, 3.8) is 0 Å². The zero-order valence-electron chi connectivity index (χ0n) is 14.8. The minimum Gasteiger partial charge on any atom is -0.476 e. The van der Waals surface area contributed by atoms with Crippen LogP contribution in [-0.2, 0) is 0 Å². The molecule has 3 aromatic carbocycles. The molecule has 4 heteroatoms. The van der Waals surface area contributed by atoms with E-state index >= 15 is 0 Å². The second-order valence-corrected chi connectivity index (χ2v) is 6.41. The number of carboxylic acids is 1. The topological polar surface area (TPSA) is 55.1 Å². The van der Waals surface area contributed by atoms with Gasteiger partial charge in [0.05, 0.1) is 11.4 Å². The maximum Gasteiger partial charge on any atom is 0.356 e. The zero-order valence-corrected chi connectivity index (χ0v) is 14.8. The first-order valence-electron chi connectivity index (χ1n) is 8.68. The molecule has 0 aliphatic rings. The van der Waals surface area contributed by atoms with Crippen molar-refractivity contribution < 1.29 is 9.90 Å². The fraction of sp³-hybridized carbons (Fsp3) is 0.0435. The molecule has 0 atom stereocenters. The van der Waals surface area contributed by atoms with Crippen molar-refractivity contribution in [2.24, 2.45) is 0 Å². The molecule has 1 heterocycles. The molecule has 27 heavy (non-hydrogen) atoms. The van der Waals surface area contributed by atoms with Gasteiger partial charge in [-0.15, -0.1) is 0 Å². The van der Waals surface area contributed by atoms with Gasteiger partial charge in [-0.2, -0.15) is 5.10 Å². The van der Waals surface area contributed by atoms with Gasteiger partial charge in [0.2, 0.25) is 0 Å². The standard InChI is InChI=1S/C23H18N2O2/c1-16-7-13-20(14-8-16)25-22(15-21(24-25)23(26)27)19-11-9-18(10-12-19)17-5-3-2-4-6-17/h2-15H,1H3,(H,26,27). The van der Waals surface area contributed by atoms with Crippen LogP contribution in [0.15, 0.2) is 84.9 Å². The summed E-state index contributed by atoms with van der Waals surface area (Å²) in [6.07, 6.45) is 0. The molecule has 0 unspecified atom stereocenters. The van der Waals surface area contributed by atoms with E-state index in [1.807, 2.05) is 73.7 Å². The second kappa shape index (κ2) is 6.92. The lowest BCUT2D eigenvalue weighted by molar-refractivity contribution is 0.0690. The molecule has 0 amide bonds. The number of aromatic carboxylic acids is 1. The Kier molecular flexibility index (Phi) is 4.30. The summed E-state index contributed by atoms with van der Waals surface area (Å²) in [5.41, 5.74) is 5.90. The Morgan fingerprint density at radius 3 is 2.04 bits per heavy atom. The van der Waals surface area contributed by atoms with E-state index in [0.717, 1.165) is 33.6 Å². The normalized spacial score (nSPS) is 10.7. The van der Waals surface area contributed by atoms with Crippen LogP contribution in [0.2, 0.25) is 0 Å². The third kappa shape index (κ3) is 3.37. The predicted octanol–water partition coefficient (Wildman–Crippen LogP) is 5.21. The summed E-state index contributed by atoms with van der Waals surface area (Å²) >= 11 is 0. The number of carbonyl (C=O) groups is 1. The van der Waals surface area contributed by atoms with Crippen LogP contribution < -0.4 is 0 Å². The van der Waals surface area contributed by atoms with E-state index in [2.05, 4.69) is 17.2 Å². The number of aryl methyl sites for hydroxylation is 1. The molecule has 0 radical (unpaired) electrons. The number of rotatable bonds is 4. The monoisotopic (exact) mass is 354 g/mol. The quantitative estimate of drug-likeness (QED) is 0.547. The molecule has 0 spiro atoms. The number of carboxylic acid groups (broad SMARTS) is 1. The number of hydrogen-bond acceptors (Lipinski definition) is 2. The Labute approximate surface area is 157 Å². The molecule has 0 fully saturated rings. The molecular weight excluding hydrogens is 336 g/mol. The van der Waals surface area contributed by atoms with E-state index in [1.165, 1.54) is 0 Å². The van der Waals surface area contributed by atoms with Crippen LogP contribution in [0.3, 0.4) is 0 Å². The predicted molar refractivity (Wildman–Crippen MR) is 106 cm³/mol. The Balaban J connectivity index is 1.78. The Bertz CT molecular complexity index is 1080. The molecule has 4 aromatic rings. The molecule has 0 aliphatic carbocycles. The second-order valence-electron chi connectivity index (χ2n) is 6.41. The van der Waals surface area contributed by atoms with Crippen molar-refractivity contribution >= 4 is 5.97 Å². The summed E-state index contributed by atoms with van der Waals surface area (Å²) < 4.78 is 1.68. The van der Waals surface area contributed by atoms with Gasteiger partial charge >= 0.3 is 5.97 Å². The molecule has 0 bridgehead atoms. The van der Waals surface area contributed by atoms with E-state index in [4.69, 9.17) is 0 Å². The van der Waals surface area contributed by atoms with E-state index < -0.39 is 5.97 Å². The molecule has 4 nitrogen and oxygen atoms in total.